The van der Waals surface area contributed by atoms with Gasteiger partial charge in [0.15, 0.2) is 0 Å². The molecule has 0 amide bonds. The van der Waals surface area contributed by atoms with E-state index in [0.717, 1.165) is 25.2 Å². The smallest absolute Gasteiger partial charge is 0.130 e. The highest BCUT2D eigenvalue weighted by molar-refractivity contribution is 5.56. The van der Waals surface area contributed by atoms with Crippen molar-refractivity contribution in [3.63, 3.8) is 0 Å². The quantitative estimate of drug-likeness (QED) is 0.891. The Labute approximate surface area is 108 Å². The highest BCUT2D eigenvalue weighted by Gasteiger charge is 2.26. The summed E-state index contributed by atoms with van der Waals surface area (Å²) in [6, 6.07) is 5.48. The van der Waals surface area contributed by atoms with Crippen LogP contribution in [0.2, 0.25) is 0 Å². The van der Waals surface area contributed by atoms with E-state index in [-0.39, 0.29) is 11.9 Å². The molecule has 2 N–H and O–H groups in total. The molecule has 2 rings (SSSR count). The molecule has 0 saturated carbocycles. The lowest BCUT2D eigenvalue weighted by Gasteiger charge is -2.25. The maximum atomic E-state index is 13.9. The van der Waals surface area contributed by atoms with Gasteiger partial charge in [0.1, 0.15) is 5.82 Å². The van der Waals surface area contributed by atoms with Gasteiger partial charge in [-0.25, -0.2) is 4.39 Å². The van der Waals surface area contributed by atoms with E-state index in [1.54, 1.807) is 6.07 Å². The van der Waals surface area contributed by atoms with Gasteiger partial charge in [-0.1, -0.05) is 6.07 Å². The number of rotatable bonds is 3. The Balaban J connectivity index is 2.27. The van der Waals surface area contributed by atoms with E-state index in [2.05, 4.69) is 23.9 Å². The van der Waals surface area contributed by atoms with Crippen LogP contribution in [-0.2, 0) is 0 Å². The van der Waals surface area contributed by atoms with Gasteiger partial charge >= 0.3 is 0 Å². The summed E-state index contributed by atoms with van der Waals surface area (Å²) in [4.78, 5) is 4.47. The van der Waals surface area contributed by atoms with E-state index in [1.165, 1.54) is 6.07 Å². The molecule has 0 aromatic heterocycles. The minimum Gasteiger partial charge on any atom is -0.370 e. The Kier molecular flexibility index (Phi) is 3.88. The van der Waals surface area contributed by atoms with Crippen LogP contribution in [-0.4, -0.2) is 38.1 Å². The van der Waals surface area contributed by atoms with Gasteiger partial charge in [0.05, 0.1) is 0 Å². The number of halogens is 1. The molecule has 1 aromatic rings. The van der Waals surface area contributed by atoms with Gasteiger partial charge in [-0.3, -0.25) is 0 Å². The van der Waals surface area contributed by atoms with Crippen molar-refractivity contribution in [2.75, 3.05) is 32.1 Å². The van der Waals surface area contributed by atoms with Crippen molar-refractivity contribution in [3.05, 3.63) is 29.6 Å². The third kappa shape index (κ3) is 2.49. The highest BCUT2D eigenvalue weighted by Crippen LogP contribution is 2.30. The fourth-order valence-corrected chi connectivity index (χ4v) is 2.63. The molecule has 3 nitrogen and oxygen atoms in total. The van der Waals surface area contributed by atoms with E-state index >= 15 is 0 Å². The Morgan fingerprint density at radius 2 is 2.17 bits per heavy atom. The second-order valence-electron chi connectivity index (χ2n) is 5.31. The number of likely N-dealkylation sites (N-methyl/N-ethyl adjacent to an activating group) is 1. The van der Waals surface area contributed by atoms with Gasteiger partial charge in [-0.2, -0.15) is 0 Å². The van der Waals surface area contributed by atoms with Gasteiger partial charge in [-0.15, -0.1) is 0 Å². The van der Waals surface area contributed by atoms with Crippen molar-refractivity contribution < 1.29 is 4.39 Å². The van der Waals surface area contributed by atoms with Crippen LogP contribution in [0.5, 0.6) is 0 Å². The lowest BCUT2D eigenvalue weighted by molar-refractivity contribution is 0.315. The Hall–Kier alpha value is -1.13. The number of anilines is 1. The normalized spacial score (nSPS) is 21.7. The molecule has 1 aliphatic rings. The molecule has 2 atom stereocenters. The van der Waals surface area contributed by atoms with Gasteiger partial charge in [0, 0.05) is 36.4 Å². The first-order valence-corrected chi connectivity index (χ1v) is 6.46. The van der Waals surface area contributed by atoms with Gasteiger partial charge in [0.25, 0.3) is 0 Å². The van der Waals surface area contributed by atoms with Crippen LogP contribution < -0.4 is 10.6 Å². The van der Waals surface area contributed by atoms with Gasteiger partial charge in [0.2, 0.25) is 0 Å². The fraction of sp³-hybridized carbons (Fsp3) is 0.571. The molecule has 100 valence electrons. The van der Waals surface area contributed by atoms with Crippen LogP contribution in [0, 0.1) is 5.82 Å². The summed E-state index contributed by atoms with van der Waals surface area (Å²) in [6.07, 6.45) is 1.11. The minimum absolute atomic E-state index is 0.198. The number of benzene rings is 1. The van der Waals surface area contributed by atoms with E-state index in [9.17, 15) is 4.39 Å². The molecule has 2 unspecified atom stereocenters. The van der Waals surface area contributed by atoms with E-state index < -0.39 is 0 Å². The monoisotopic (exact) mass is 251 g/mol. The summed E-state index contributed by atoms with van der Waals surface area (Å²) in [5.74, 6) is -0.198. The van der Waals surface area contributed by atoms with E-state index in [4.69, 9.17) is 5.73 Å². The molecule has 18 heavy (non-hydrogen) atoms. The largest absolute Gasteiger partial charge is 0.370 e. The molecule has 1 aromatic carbocycles. The number of hydrogen-bond acceptors (Lipinski definition) is 3. The van der Waals surface area contributed by atoms with E-state index in [1.807, 2.05) is 13.0 Å². The Bertz CT molecular complexity index is 418. The molecular formula is C14H22FN3. The standard InChI is InChI=1S/C14H22FN3/c1-10(16)14-12(15)5-4-6-13(14)18-8-7-11(9-18)17(2)3/h4-6,10-11H,7-9,16H2,1-3H3. The zero-order valence-corrected chi connectivity index (χ0v) is 11.4. The summed E-state index contributed by atoms with van der Waals surface area (Å²) < 4.78 is 13.9. The van der Waals surface area contributed by atoms with Crippen LogP contribution in [0.1, 0.15) is 24.9 Å². The predicted octanol–water partition coefficient (Wildman–Crippen LogP) is 1.99. The van der Waals surface area contributed by atoms with Crippen molar-refractivity contribution in [1.29, 1.82) is 0 Å². The fourth-order valence-electron chi connectivity index (χ4n) is 2.63. The maximum Gasteiger partial charge on any atom is 0.130 e. The Morgan fingerprint density at radius 1 is 1.44 bits per heavy atom. The molecule has 0 radical (unpaired) electrons. The van der Waals surface area contributed by atoms with Gasteiger partial charge in [-0.05, 0) is 39.6 Å². The second kappa shape index (κ2) is 5.24. The molecule has 4 heteroatoms. The SMILES string of the molecule is CC(N)c1c(F)cccc1N1CCC(N(C)C)C1. The van der Waals surface area contributed by atoms with Crippen molar-refractivity contribution in [2.24, 2.45) is 5.73 Å². The summed E-state index contributed by atoms with van der Waals surface area (Å²) in [6.45, 7) is 3.74. The summed E-state index contributed by atoms with van der Waals surface area (Å²) in [5.41, 5.74) is 7.49. The minimum atomic E-state index is -0.278. The third-order valence-corrected chi connectivity index (χ3v) is 3.72. The lowest BCUT2D eigenvalue weighted by Crippen LogP contribution is -2.32. The molecule has 1 fully saturated rings. The van der Waals surface area contributed by atoms with Crippen molar-refractivity contribution >= 4 is 5.69 Å². The van der Waals surface area contributed by atoms with Crippen molar-refractivity contribution in [1.82, 2.24) is 4.90 Å². The van der Waals surface area contributed by atoms with Gasteiger partial charge < -0.3 is 15.5 Å². The number of nitrogens with zero attached hydrogens (tertiary/aromatic N) is 2. The first-order valence-electron chi connectivity index (χ1n) is 6.46. The van der Waals surface area contributed by atoms with Crippen LogP contribution in [0.25, 0.3) is 0 Å². The zero-order valence-electron chi connectivity index (χ0n) is 11.4. The first kappa shape index (κ1) is 13.3. The van der Waals surface area contributed by atoms with Crippen molar-refractivity contribution in [2.45, 2.75) is 25.4 Å². The zero-order chi connectivity index (χ0) is 13.3. The summed E-state index contributed by atoms with van der Waals surface area (Å²) >= 11 is 0. The molecule has 1 heterocycles. The van der Waals surface area contributed by atoms with Crippen molar-refractivity contribution in [3.8, 4) is 0 Å². The molecule has 0 bridgehead atoms. The number of nitrogens with two attached hydrogens (primary N) is 1. The Morgan fingerprint density at radius 3 is 2.72 bits per heavy atom. The summed E-state index contributed by atoms with van der Waals surface area (Å²) in [7, 11) is 4.18. The average Bonchev–Trinajstić information content (AvgIpc) is 2.77. The second-order valence-corrected chi connectivity index (χ2v) is 5.31. The topological polar surface area (TPSA) is 32.5 Å². The van der Waals surface area contributed by atoms with Crippen LogP contribution in [0.4, 0.5) is 10.1 Å². The lowest BCUT2D eigenvalue weighted by atomic mass is 10.1. The molecule has 1 aliphatic heterocycles. The summed E-state index contributed by atoms with van der Waals surface area (Å²) in [5, 5.41) is 0. The average molecular weight is 251 g/mol. The van der Waals surface area contributed by atoms with Crippen LogP contribution in [0.3, 0.4) is 0 Å². The molecule has 1 saturated heterocycles. The highest BCUT2D eigenvalue weighted by atomic mass is 19.1. The molecule has 0 spiro atoms. The first-order chi connectivity index (χ1) is 8.50. The molecule has 0 aliphatic carbocycles. The maximum absolute atomic E-state index is 13.9. The van der Waals surface area contributed by atoms with Crippen LogP contribution in [0.15, 0.2) is 18.2 Å². The molecular weight excluding hydrogens is 229 g/mol. The van der Waals surface area contributed by atoms with E-state index in [0.29, 0.717) is 11.6 Å². The van der Waals surface area contributed by atoms with Crippen LogP contribution >= 0.6 is 0 Å². The number of hydrogen-bond donors (Lipinski definition) is 1. The predicted molar refractivity (Wildman–Crippen MR) is 73.3 cm³/mol. The third-order valence-electron chi connectivity index (χ3n) is 3.72.